The zero-order valence-corrected chi connectivity index (χ0v) is 16.0. The molecule has 7 nitrogen and oxygen atoms in total. The van der Waals surface area contributed by atoms with E-state index in [-0.39, 0.29) is 12.0 Å². The molecule has 0 atom stereocenters. The molecular weight excluding hydrogens is 362 g/mol. The van der Waals surface area contributed by atoms with Gasteiger partial charge in [0.25, 0.3) is 0 Å². The van der Waals surface area contributed by atoms with Gasteiger partial charge in [-0.3, -0.25) is 5.32 Å². The lowest BCUT2D eigenvalue weighted by Crippen LogP contribution is -2.20. The molecule has 0 aliphatic heterocycles. The SMILES string of the molecule is CCSc1cccc(NC(=O)Nc2ncn(Cc3ccc(OC)cc3)n2)c1. The lowest BCUT2D eigenvalue weighted by Gasteiger charge is -2.07. The summed E-state index contributed by atoms with van der Waals surface area (Å²) in [5.74, 6) is 2.03. The second-order valence-corrected chi connectivity index (χ2v) is 6.99. The molecule has 0 saturated carbocycles. The van der Waals surface area contributed by atoms with Gasteiger partial charge in [0, 0.05) is 10.6 Å². The van der Waals surface area contributed by atoms with Gasteiger partial charge in [0.1, 0.15) is 12.1 Å². The smallest absolute Gasteiger partial charge is 0.326 e. The van der Waals surface area contributed by atoms with Gasteiger partial charge in [-0.2, -0.15) is 0 Å². The van der Waals surface area contributed by atoms with E-state index in [1.807, 2.05) is 48.5 Å². The molecule has 2 amide bonds. The van der Waals surface area contributed by atoms with Crippen LogP contribution < -0.4 is 15.4 Å². The summed E-state index contributed by atoms with van der Waals surface area (Å²) in [6, 6.07) is 15.0. The fraction of sp³-hybridized carbons (Fsp3) is 0.211. The number of hydrogen-bond donors (Lipinski definition) is 2. The normalized spacial score (nSPS) is 10.4. The monoisotopic (exact) mass is 383 g/mol. The van der Waals surface area contributed by atoms with Crippen molar-refractivity contribution >= 4 is 29.4 Å². The zero-order chi connectivity index (χ0) is 19.1. The van der Waals surface area contributed by atoms with Gasteiger partial charge in [0.15, 0.2) is 0 Å². The van der Waals surface area contributed by atoms with Crippen LogP contribution in [0.25, 0.3) is 0 Å². The number of rotatable bonds is 7. The highest BCUT2D eigenvalue weighted by atomic mass is 32.2. The minimum absolute atomic E-state index is 0.250. The molecule has 3 aromatic rings. The first-order valence-electron chi connectivity index (χ1n) is 8.49. The van der Waals surface area contributed by atoms with Gasteiger partial charge in [-0.25, -0.2) is 14.5 Å². The summed E-state index contributed by atoms with van der Waals surface area (Å²) in [4.78, 5) is 17.4. The number of carbonyl (C=O) groups is 1. The highest BCUT2D eigenvalue weighted by Gasteiger charge is 2.08. The number of nitrogens with one attached hydrogen (secondary N) is 2. The van der Waals surface area contributed by atoms with Crippen LogP contribution in [0, 0.1) is 0 Å². The summed E-state index contributed by atoms with van der Waals surface area (Å²) in [5.41, 5.74) is 1.78. The lowest BCUT2D eigenvalue weighted by molar-refractivity contribution is 0.262. The Morgan fingerprint density at radius 3 is 2.74 bits per heavy atom. The molecule has 2 N–H and O–H groups in total. The van der Waals surface area contributed by atoms with Gasteiger partial charge < -0.3 is 10.1 Å². The molecule has 0 saturated heterocycles. The lowest BCUT2D eigenvalue weighted by atomic mass is 10.2. The number of thioether (sulfide) groups is 1. The van der Waals surface area contributed by atoms with Crippen molar-refractivity contribution in [2.45, 2.75) is 18.4 Å². The summed E-state index contributed by atoms with van der Waals surface area (Å²) in [6.45, 7) is 2.64. The molecule has 1 heterocycles. The number of amides is 2. The predicted octanol–water partition coefficient (Wildman–Crippen LogP) is 4.09. The summed E-state index contributed by atoms with van der Waals surface area (Å²) < 4.78 is 6.81. The highest BCUT2D eigenvalue weighted by molar-refractivity contribution is 7.99. The summed E-state index contributed by atoms with van der Waals surface area (Å²) in [5, 5.41) is 9.72. The van der Waals surface area contributed by atoms with Crippen LogP contribution in [0.15, 0.2) is 59.8 Å². The molecule has 0 spiro atoms. The van der Waals surface area contributed by atoms with Crippen molar-refractivity contribution < 1.29 is 9.53 Å². The van der Waals surface area contributed by atoms with Crippen molar-refractivity contribution in [3.63, 3.8) is 0 Å². The van der Waals surface area contributed by atoms with Gasteiger partial charge in [-0.1, -0.05) is 25.1 Å². The average Bonchev–Trinajstić information content (AvgIpc) is 3.09. The molecule has 27 heavy (non-hydrogen) atoms. The Morgan fingerprint density at radius 2 is 2.00 bits per heavy atom. The Balaban J connectivity index is 1.56. The number of carbonyl (C=O) groups excluding carboxylic acids is 1. The van der Waals surface area contributed by atoms with E-state index in [2.05, 4.69) is 27.6 Å². The van der Waals surface area contributed by atoms with Crippen LogP contribution >= 0.6 is 11.8 Å². The molecule has 0 aliphatic carbocycles. The first-order valence-corrected chi connectivity index (χ1v) is 9.48. The number of hydrogen-bond acceptors (Lipinski definition) is 5. The molecule has 0 radical (unpaired) electrons. The summed E-state index contributed by atoms with van der Waals surface area (Å²) in [6.07, 6.45) is 1.58. The Hall–Kier alpha value is -3.00. The molecule has 8 heteroatoms. The molecule has 3 rings (SSSR count). The average molecular weight is 383 g/mol. The van der Waals surface area contributed by atoms with E-state index in [0.717, 1.165) is 27.6 Å². The first-order chi connectivity index (χ1) is 13.2. The number of nitrogens with zero attached hydrogens (tertiary/aromatic N) is 3. The van der Waals surface area contributed by atoms with Gasteiger partial charge in [-0.15, -0.1) is 16.9 Å². The standard InChI is InChI=1S/C19H21N5O2S/c1-3-27-17-6-4-5-15(11-17)21-19(25)22-18-20-13-24(23-18)12-14-7-9-16(26-2)10-8-14/h4-11,13H,3,12H2,1-2H3,(H2,21,22,23,25). The Bertz CT molecular complexity index is 895. The van der Waals surface area contributed by atoms with Crippen LogP contribution in [0.5, 0.6) is 5.75 Å². The maximum Gasteiger partial charge on any atom is 0.326 e. The number of urea groups is 1. The third kappa shape index (κ3) is 5.49. The topological polar surface area (TPSA) is 81.1 Å². The maximum atomic E-state index is 12.2. The van der Waals surface area contributed by atoms with E-state index >= 15 is 0 Å². The summed E-state index contributed by atoms with van der Waals surface area (Å²) in [7, 11) is 1.63. The van der Waals surface area contributed by atoms with E-state index < -0.39 is 0 Å². The van der Waals surface area contributed by atoms with Gasteiger partial charge in [0.05, 0.1) is 13.7 Å². The Kier molecular flexibility index (Phi) is 6.32. The van der Waals surface area contributed by atoms with Crippen LogP contribution in [0.4, 0.5) is 16.4 Å². The molecule has 2 aromatic carbocycles. The van der Waals surface area contributed by atoms with Crippen LogP contribution in [0.1, 0.15) is 12.5 Å². The van der Waals surface area contributed by atoms with E-state index in [1.54, 1.807) is 29.9 Å². The molecular formula is C19H21N5O2S. The number of ether oxygens (including phenoxy) is 1. The Labute approximate surface area is 162 Å². The maximum absolute atomic E-state index is 12.2. The van der Waals surface area contributed by atoms with Gasteiger partial charge in [-0.05, 0) is 41.6 Å². The van der Waals surface area contributed by atoms with E-state index in [4.69, 9.17) is 4.74 Å². The van der Waals surface area contributed by atoms with Crippen molar-refractivity contribution in [1.29, 1.82) is 0 Å². The van der Waals surface area contributed by atoms with Crippen LogP contribution in [0.3, 0.4) is 0 Å². The molecule has 0 unspecified atom stereocenters. The van der Waals surface area contributed by atoms with E-state index in [0.29, 0.717) is 6.54 Å². The summed E-state index contributed by atoms with van der Waals surface area (Å²) >= 11 is 1.72. The fourth-order valence-corrected chi connectivity index (χ4v) is 3.16. The largest absolute Gasteiger partial charge is 0.497 e. The molecule has 1 aromatic heterocycles. The predicted molar refractivity (Wildman–Crippen MR) is 108 cm³/mol. The quantitative estimate of drug-likeness (QED) is 0.601. The second kappa shape index (κ2) is 9.09. The molecule has 0 bridgehead atoms. The van der Waals surface area contributed by atoms with E-state index in [9.17, 15) is 4.79 Å². The van der Waals surface area contributed by atoms with Crippen molar-refractivity contribution in [1.82, 2.24) is 14.8 Å². The van der Waals surface area contributed by atoms with Gasteiger partial charge in [0.2, 0.25) is 5.95 Å². The van der Waals surface area contributed by atoms with Crippen LogP contribution in [-0.4, -0.2) is 33.7 Å². The Morgan fingerprint density at radius 1 is 1.19 bits per heavy atom. The van der Waals surface area contributed by atoms with Crippen molar-refractivity contribution in [3.05, 3.63) is 60.4 Å². The third-order valence-electron chi connectivity index (χ3n) is 3.67. The minimum Gasteiger partial charge on any atom is -0.497 e. The van der Waals surface area contributed by atoms with Crippen molar-refractivity contribution in [2.75, 3.05) is 23.5 Å². The van der Waals surface area contributed by atoms with Crippen molar-refractivity contribution in [2.24, 2.45) is 0 Å². The third-order valence-corrected chi connectivity index (χ3v) is 4.54. The highest BCUT2D eigenvalue weighted by Crippen LogP contribution is 2.21. The van der Waals surface area contributed by atoms with Crippen LogP contribution in [0.2, 0.25) is 0 Å². The number of methoxy groups -OCH3 is 1. The number of aromatic nitrogens is 3. The van der Waals surface area contributed by atoms with Gasteiger partial charge >= 0.3 is 6.03 Å². The molecule has 140 valence electrons. The minimum atomic E-state index is -0.379. The molecule has 0 fully saturated rings. The van der Waals surface area contributed by atoms with E-state index in [1.165, 1.54) is 0 Å². The molecule has 0 aliphatic rings. The van der Waals surface area contributed by atoms with Crippen LogP contribution in [-0.2, 0) is 6.54 Å². The zero-order valence-electron chi connectivity index (χ0n) is 15.2. The second-order valence-electron chi connectivity index (χ2n) is 5.65. The number of benzene rings is 2. The fourth-order valence-electron chi connectivity index (χ4n) is 2.44. The first kappa shape index (κ1) is 18.8. The van der Waals surface area contributed by atoms with Crippen molar-refractivity contribution in [3.8, 4) is 5.75 Å². The number of anilines is 2.